The van der Waals surface area contributed by atoms with Gasteiger partial charge in [-0.25, -0.2) is 0 Å². The molecule has 0 bridgehead atoms. The lowest BCUT2D eigenvalue weighted by molar-refractivity contribution is 0.200. The van der Waals surface area contributed by atoms with Crippen LogP contribution in [0, 0.1) is 5.92 Å². The summed E-state index contributed by atoms with van der Waals surface area (Å²) in [5, 5.41) is 22.2. The molecule has 0 radical (unpaired) electrons. The Bertz CT molecular complexity index is 875. The van der Waals surface area contributed by atoms with Gasteiger partial charge in [-0.05, 0) is 53.4 Å². The Labute approximate surface area is 180 Å². The van der Waals surface area contributed by atoms with Gasteiger partial charge in [-0.1, -0.05) is 42.6 Å². The van der Waals surface area contributed by atoms with E-state index >= 15 is 0 Å². The van der Waals surface area contributed by atoms with Crippen molar-refractivity contribution < 1.29 is 19.7 Å². The highest BCUT2D eigenvalue weighted by Crippen LogP contribution is 2.49. The fourth-order valence-electron chi connectivity index (χ4n) is 4.42. The van der Waals surface area contributed by atoms with E-state index in [1.165, 1.54) is 24.8 Å². The average Bonchev–Trinajstić information content (AvgIpc) is 2.73. The van der Waals surface area contributed by atoms with Gasteiger partial charge in [-0.15, -0.1) is 0 Å². The minimum atomic E-state index is 0.123. The van der Waals surface area contributed by atoms with Crippen molar-refractivity contribution in [3.8, 4) is 17.2 Å². The monoisotopic (exact) mass is 412 g/mol. The average molecular weight is 413 g/mol. The maximum Gasteiger partial charge on any atom is 0.145 e. The molecule has 4 nitrogen and oxygen atoms in total. The first kappa shape index (κ1) is 22.3. The molecular formula is C26H36O4. The fraction of sp³-hybridized carbons (Fsp3) is 0.538. The number of hydrogen-bond acceptors (Lipinski definition) is 4. The lowest BCUT2D eigenvalue weighted by Crippen LogP contribution is -2.22. The smallest absolute Gasteiger partial charge is 0.145 e. The van der Waals surface area contributed by atoms with Crippen LogP contribution < -0.4 is 4.74 Å². The van der Waals surface area contributed by atoms with E-state index in [4.69, 9.17) is 9.47 Å². The molecule has 1 aromatic rings. The molecule has 0 aromatic heterocycles. The third-order valence-electron chi connectivity index (χ3n) is 6.17. The number of phenolic OH excluding ortho intramolecular Hbond substituents is 2. The Balaban J connectivity index is 2.12. The summed E-state index contributed by atoms with van der Waals surface area (Å²) in [5.74, 6) is 2.91. The molecule has 30 heavy (non-hydrogen) atoms. The molecule has 1 saturated carbocycles. The van der Waals surface area contributed by atoms with Crippen molar-refractivity contribution in [1.29, 1.82) is 0 Å². The van der Waals surface area contributed by atoms with Crippen molar-refractivity contribution in [3.05, 3.63) is 51.5 Å². The largest absolute Gasteiger partial charge is 0.507 e. The number of allylic oxidation sites excluding steroid dienone is 6. The molecule has 2 aliphatic rings. The summed E-state index contributed by atoms with van der Waals surface area (Å²) < 4.78 is 12.2. The number of ether oxygens (including phenoxy) is 2. The Morgan fingerprint density at radius 3 is 2.10 bits per heavy atom. The summed E-state index contributed by atoms with van der Waals surface area (Å²) in [4.78, 5) is 0. The third kappa shape index (κ3) is 4.69. The molecule has 0 unspecified atom stereocenters. The van der Waals surface area contributed by atoms with E-state index in [0.29, 0.717) is 36.5 Å². The predicted molar refractivity (Wildman–Crippen MR) is 121 cm³/mol. The van der Waals surface area contributed by atoms with Crippen LogP contribution in [0.5, 0.6) is 17.2 Å². The van der Waals surface area contributed by atoms with Crippen LogP contribution in [0.25, 0.3) is 0 Å². The van der Waals surface area contributed by atoms with E-state index in [2.05, 4.69) is 6.08 Å². The van der Waals surface area contributed by atoms with Crippen LogP contribution in [0.2, 0.25) is 0 Å². The van der Waals surface area contributed by atoms with Crippen LogP contribution in [0.4, 0.5) is 0 Å². The Morgan fingerprint density at radius 2 is 1.53 bits per heavy atom. The van der Waals surface area contributed by atoms with Crippen LogP contribution in [0.1, 0.15) is 76.5 Å². The second-order valence-corrected chi connectivity index (χ2v) is 9.04. The number of fused-ring (bicyclic) bond motifs is 1. The van der Waals surface area contributed by atoms with Crippen LogP contribution in [-0.4, -0.2) is 17.3 Å². The van der Waals surface area contributed by atoms with Crippen LogP contribution >= 0.6 is 0 Å². The van der Waals surface area contributed by atoms with Crippen LogP contribution in [-0.2, 0) is 24.0 Å². The molecule has 1 aliphatic carbocycles. The number of methoxy groups -OCH3 is 1. The lowest BCUT2D eigenvalue weighted by Gasteiger charge is -2.32. The van der Waals surface area contributed by atoms with E-state index in [9.17, 15) is 10.2 Å². The number of rotatable bonds is 6. The molecule has 3 rings (SSSR count). The summed E-state index contributed by atoms with van der Waals surface area (Å²) >= 11 is 0. The maximum absolute atomic E-state index is 11.1. The molecule has 1 heterocycles. The molecule has 4 heteroatoms. The van der Waals surface area contributed by atoms with Gasteiger partial charge >= 0.3 is 0 Å². The first-order valence-corrected chi connectivity index (χ1v) is 11.1. The van der Waals surface area contributed by atoms with Crippen molar-refractivity contribution in [2.24, 2.45) is 5.92 Å². The topological polar surface area (TPSA) is 58.9 Å². The molecule has 0 spiro atoms. The van der Waals surface area contributed by atoms with Gasteiger partial charge in [-0.3, -0.25) is 0 Å². The second kappa shape index (κ2) is 9.63. The molecule has 1 aromatic carbocycles. The highest BCUT2D eigenvalue weighted by molar-refractivity contribution is 5.65. The van der Waals surface area contributed by atoms with E-state index in [1.54, 1.807) is 7.11 Å². The summed E-state index contributed by atoms with van der Waals surface area (Å²) in [7, 11) is 1.68. The molecule has 0 amide bonds. The zero-order valence-electron chi connectivity index (χ0n) is 19.1. The van der Waals surface area contributed by atoms with E-state index < -0.39 is 0 Å². The third-order valence-corrected chi connectivity index (χ3v) is 6.17. The second-order valence-electron chi connectivity index (χ2n) is 9.04. The van der Waals surface area contributed by atoms with Crippen LogP contribution in [0.15, 0.2) is 34.8 Å². The van der Waals surface area contributed by atoms with E-state index in [1.807, 2.05) is 33.8 Å². The van der Waals surface area contributed by atoms with Gasteiger partial charge in [0.25, 0.3) is 0 Å². The van der Waals surface area contributed by atoms with Crippen molar-refractivity contribution in [2.75, 3.05) is 7.11 Å². The molecule has 0 atom stereocenters. The molecule has 1 aliphatic heterocycles. The normalized spacial score (nSPS) is 16.6. The molecule has 1 fully saturated rings. The minimum absolute atomic E-state index is 0.123. The van der Waals surface area contributed by atoms with Gasteiger partial charge in [0.15, 0.2) is 0 Å². The van der Waals surface area contributed by atoms with E-state index in [0.717, 1.165) is 41.1 Å². The number of phenols is 2. The Hall–Kier alpha value is -2.36. The SMILES string of the molecule is COC1=C(C2CCCCC2)Oc2c(CC=C(C)C)c(O)c(CC=C(C)C)c(O)c2C1. The van der Waals surface area contributed by atoms with Crippen molar-refractivity contribution in [3.63, 3.8) is 0 Å². The summed E-state index contributed by atoms with van der Waals surface area (Å²) in [6.45, 7) is 8.13. The summed E-state index contributed by atoms with van der Waals surface area (Å²) in [5.41, 5.74) is 4.36. The first-order valence-electron chi connectivity index (χ1n) is 11.1. The van der Waals surface area contributed by atoms with Gasteiger partial charge in [0, 0.05) is 29.0 Å². The van der Waals surface area contributed by atoms with Crippen LogP contribution in [0.3, 0.4) is 0 Å². The van der Waals surface area contributed by atoms with Crippen molar-refractivity contribution in [1.82, 2.24) is 0 Å². The van der Waals surface area contributed by atoms with Crippen molar-refractivity contribution in [2.45, 2.75) is 79.1 Å². The zero-order chi connectivity index (χ0) is 21.8. The highest BCUT2D eigenvalue weighted by atomic mass is 16.5. The fourth-order valence-corrected chi connectivity index (χ4v) is 4.42. The number of hydrogen-bond donors (Lipinski definition) is 2. The zero-order valence-corrected chi connectivity index (χ0v) is 19.1. The minimum Gasteiger partial charge on any atom is -0.507 e. The summed E-state index contributed by atoms with van der Waals surface area (Å²) in [6, 6.07) is 0. The van der Waals surface area contributed by atoms with Gasteiger partial charge in [-0.2, -0.15) is 0 Å². The van der Waals surface area contributed by atoms with Gasteiger partial charge < -0.3 is 19.7 Å². The highest BCUT2D eigenvalue weighted by Gasteiger charge is 2.33. The predicted octanol–water partition coefficient (Wildman–Crippen LogP) is 6.49. The maximum atomic E-state index is 11.1. The molecular weight excluding hydrogens is 376 g/mol. The standard InChI is InChI=1S/C26H36O4/c1-16(2)11-13-19-23(27)20(14-12-17(3)4)26-21(24(19)28)15-22(29-5)25(30-26)18-9-7-6-8-10-18/h11-12,18,27-28H,6-10,13-15H2,1-5H3. The number of benzene rings is 1. The lowest BCUT2D eigenvalue weighted by atomic mass is 9.85. The van der Waals surface area contributed by atoms with E-state index in [-0.39, 0.29) is 11.5 Å². The first-order chi connectivity index (χ1) is 14.3. The summed E-state index contributed by atoms with van der Waals surface area (Å²) in [6.07, 6.45) is 11.5. The molecule has 2 N–H and O–H groups in total. The molecule has 0 saturated heterocycles. The quantitative estimate of drug-likeness (QED) is 0.524. The molecule has 164 valence electrons. The Morgan fingerprint density at radius 1 is 0.933 bits per heavy atom. The van der Waals surface area contributed by atoms with Gasteiger partial charge in [0.05, 0.1) is 7.11 Å². The van der Waals surface area contributed by atoms with Crippen molar-refractivity contribution >= 4 is 0 Å². The van der Waals surface area contributed by atoms with Gasteiger partial charge in [0.1, 0.15) is 28.8 Å². The number of aromatic hydroxyl groups is 2. The van der Waals surface area contributed by atoms with Gasteiger partial charge in [0.2, 0.25) is 0 Å². The Kier molecular flexibility index (Phi) is 7.17.